The van der Waals surface area contributed by atoms with Gasteiger partial charge in [0.05, 0.1) is 7.11 Å². The Morgan fingerprint density at radius 2 is 1.85 bits per heavy atom. The van der Waals surface area contributed by atoms with E-state index in [9.17, 15) is 15.3 Å². The van der Waals surface area contributed by atoms with E-state index >= 15 is 0 Å². The van der Waals surface area contributed by atoms with Crippen molar-refractivity contribution in [1.29, 1.82) is 0 Å². The lowest BCUT2D eigenvalue weighted by molar-refractivity contribution is 0.164. The van der Waals surface area contributed by atoms with Crippen LogP contribution in [-0.2, 0) is 11.2 Å². The molecule has 0 spiro atoms. The molecule has 1 heterocycles. The maximum Gasteiger partial charge on any atom is 0.231 e. The van der Waals surface area contributed by atoms with Gasteiger partial charge in [0.1, 0.15) is 6.61 Å². The Hall–Kier alpha value is -3.24. The lowest BCUT2D eigenvalue weighted by Crippen LogP contribution is -1.97. The van der Waals surface area contributed by atoms with Crippen molar-refractivity contribution in [2.24, 2.45) is 0 Å². The molecule has 142 valence electrons. The first kappa shape index (κ1) is 18.5. The molecule has 2 aromatic rings. The van der Waals surface area contributed by atoms with Crippen molar-refractivity contribution in [2.45, 2.75) is 12.8 Å². The molecule has 0 unspecified atom stereocenters. The third kappa shape index (κ3) is 4.49. The van der Waals surface area contributed by atoms with E-state index in [4.69, 9.17) is 18.9 Å². The van der Waals surface area contributed by atoms with E-state index in [1.165, 1.54) is 12.1 Å². The van der Waals surface area contributed by atoms with Crippen LogP contribution < -0.4 is 14.2 Å². The predicted octanol–water partition coefficient (Wildman–Crippen LogP) is 2.54. The molecule has 0 bridgehead atoms. The summed E-state index contributed by atoms with van der Waals surface area (Å²) in [5.41, 5.74) is 1.46. The molecule has 7 nitrogen and oxygen atoms in total. The Morgan fingerprint density at radius 1 is 1.07 bits per heavy atom. The first-order chi connectivity index (χ1) is 13.1. The van der Waals surface area contributed by atoms with E-state index in [1.54, 1.807) is 19.2 Å². The number of phenolic OH excluding ortho intramolecular Hbond substituents is 3. The first-order valence-electron chi connectivity index (χ1n) is 8.36. The topological polar surface area (TPSA) is 97.6 Å². The van der Waals surface area contributed by atoms with Gasteiger partial charge >= 0.3 is 0 Å². The zero-order valence-corrected chi connectivity index (χ0v) is 14.8. The monoisotopic (exact) mass is 372 g/mol. The molecule has 0 fully saturated rings. The van der Waals surface area contributed by atoms with E-state index in [0.717, 1.165) is 5.56 Å². The SMILES string of the molecule is COc1cc(C#CCOCCCc2cc(O)c(O)c(O)c2)cc2c1OCO2. The third-order valence-electron chi connectivity index (χ3n) is 3.95. The summed E-state index contributed by atoms with van der Waals surface area (Å²) in [6.07, 6.45) is 1.28. The van der Waals surface area contributed by atoms with Crippen LogP contribution >= 0.6 is 0 Å². The maximum atomic E-state index is 9.47. The van der Waals surface area contributed by atoms with Crippen LogP contribution in [0.2, 0.25) is 0 Å². The second kappa shape index (κ2) is 8.43. The number of aryl methyl sites for hydroxylation is 1. The summed E-state index contributed by atoms with van der Waals surface area (Å²) in [5, 5.41) is 28.3. The summed E-state index contributed by atoms with van der Waals surface area (Å²) < 4.78 is 21.4. The van der Waals surface area contributed by atoms with Crippen molar-refractivity contribution in [1.82, 2.24) is 0 Å². The highest BCUT2D eigenvalue weighted by Crippen LogP contribution is 2.41. The number of benzene rings is 2. The van der Waals surface area contributed by atoms with Gasteiger partial charge in [0, 0.05) is 18.2 Å². The van der Waals surface area contributed by atoms with Crippen LogP contribution in [0.1, 0.15) is 17.5 Å². The van der Waals surface area contributed by atoms with Crippen LogP contribution in [0.15, 0.2) is 24.3 Å². The molecule has 2 aromatic carbocycles. The largest absolute Gasteiger partial charge is 0.504 e. The Morgan fingerprint density at radius 3 is 2.59 bits per heavy atom. The van der Waals surface area contributed by atoms with Gasteiger partial charge in [0.15, 0.2) is 28.7 Å². The second-order valence-corrected chi connectivity index (χ2v) is 5.85. The van der Waals surface area contributed by atoms with E-state index < -0.39 is 5.75 Å². The lowest BCUT2D eigenvalue weighted by atomic mass is 10.1. The molecule has 27 heavy (non-hydrogen) atoms. The molecule has 3 N–H and O–H groups in total. The highest BCUT2D eigenvalue weighted by molar-refractivity contribution is 5.58. The predicted molar refractivity (Wildman–Crippen MR) is 96.6 cm³/mol. The molecule has 0 atom stereocenters. The fourth-order valence-electron chi connectivity index (χ4n) is 2.65. The summed E-state index contributed by atoms with van der Waals surface area (Å²) >= 11 is 0. The average Bonchev–Trinajstić information content (AvgIpc) is 3.13. The minimum absolute atomic E-state index is 0.169. The van der Waals surface area contributed by atoms with Crippen LogP contribution in [0.4, 0.5) is 0 Å². The number of rotatable bonds is 6. The zero-order chi connectivity index (χ0) is 19.2. The summed E-state index contributed by atoms with van der Waals surface area (Å²) in [5.74, 6) is 6.52. The summed E-state index contributed by atoms with van der Waals surface area (Å²) in [6, 6.07) is 6.41. The average molecular weight is 372 g/mol. The van der Waals surface area contributed by atoms with E-state index in [0.29, 0.717) is 42.3 Å². The van der Waals surface area contributed by atoms with Gasteiger partial charge in [-0.25, -0.2) is 0 Å². The quantitative estimate of drug-likeness (QED) is 0.407. The standard InChI is InChI=1S/C20H20O7/c1-24-17-10-14(11-18-20(17)27-12-26-18)5-3-7-25-6-2-4-13-8-15(21)19(23)16(22)9-13/h8-11,21-23H,2,4,6-7,12H2,1H3. The number of hydrogen-bond donors (Lipinski definition) is 3. The molecule has 1 aliphatic heterocycles. The van der Waals surface area contributed by atoms with Crippen molar-refractivity contribution in [3.63, 3.8) is 0 Å². The minimum Gasteiger partial charge on any atom is -0.504 e. The van der Waals surface area contributed by atoms with Crippen LogP contribution in [0.25, 0.3) is 0 Å². The van der Waals surface area contributed by atoms with Gasteiger partial charge in [-0.15, -0.1) is 0 Å². The smallest absolute Gasteiger partial charge is 0.231 e. The van der Waals surface area contributed by atoms with Gasteiger partial charge in [-0.3, -0.25) is 0 Å². The fraction of sp³-hybridized carbons (Fsp3) is 0.300. The van der Waals surface area contributed by atoms with Crippen molar-refractivity contribution >= 4 is 0 Å². The van der Waals surface area contributed by atoms with Gasteiger partial charge in [-0.2, -0.15) is 0 Å². The van der Waals surface area contributed by atoms with Crippen molar-refractivity contribution in [3.8, 4) is 46.3 Å². The number of fused-ring (bicyclic) bond motifs is 1. The van der Waals surface area contributed by atoms with Crippen molar-refractivity contribution in [3.05, 3.63) is 35.4 Å². The Kier molecular flexibility index (Phi) is 5.79. The van der Waals surface area contributed by atoms with Gasteiger partial charge in [-0.1, -0.05) is 11.8 Å². The number of methoxy groups -OCH3 is 1. The Labute approximate surface area is 156 Å². The number of phenols is 3. The number of aromatic hydroxyl groups is 3. The van der Waals surface area contributed by atoms with Gasteiger partial charge in [-0.05, 0) is 36.6 Å². The molecular weight excluding hydrogens is 352 g/mol. The normalized spacial score (nSPS) is 11.7. The van der Waals surface area contributed by atoms with Crippen molar-refractivity contribution < 1.29 is 34.3 Å². The molecule has 3 rings (SSSR count). The Balaban J connectivity index is 1.45. The maximum absolute atomic E-state index is 9.47. The third-order valence-corrected chi connectivity index (χ3v) is 3.95. The first-order valence-corrected chi connectivity index (χ1v) is 8.36. The fourth-order valence-corrected chi connectivity index (χ4v) is 2.65. The molecule has 0 aliphatic carbocycles. The highest BCUT2D eigenvalue weighted by atomic mass is 16.7. The van der Waals surface area contributed by atoms with Crippen LogP contribution in [-0.4, -0.2) is 42.4 Å². The Bertz CT molecular complexity index is 857. The van der Waals surface area contributed by atoms with Crippen LogP contribution in [0, 0.1) is 11.8 Å². The molecular formula is C20H20O7. The van der Waals surface area contributed by atoms with Crippen LogP contribution in [0.5, 0.6) is 34.5 Å². The molecule has 0 amide bonds. The minimum atomic E-state index is -0.509. The molecule has 1 aliphatic rings. The molecule has 7 heteroatoms. The molecule has 0 saturated carbocycles. The molecule has 0 radical (unpaired) electrons. The summed E-state index contributed by atoms with van der Waals surface area (Å²) in [7, 11) is 1.56. The highest BCUT2D eigenvalue weighted by Gasteiger charge is 2.19. The number of hydrogen-bond acceptors (Lipinski definition) is 7. The van der Waals surface area contributed by atoms with Gasteiger partial charge in [0.25, 0.3) is 0 Å². The van der Waals surface area contributed by atoms with E-state index in [-0.39, 0.29) is 24.9 Å². The summed E-state index contributed by atoms with van der Waals surface area (Å²) in [6.45, 7) is 0.909. The van der Waals surface area contributed by atoms with E-state index in [1.807, 2.05) is 0 Å². The number of ether oxygens (including phenoxy) is 4. The lowest BCUT2D eigenvalue weighted by Gasteiger charge is -2.06. The van der Waals surface area contributed by atoms with Crippen molar-refractivity contribution in [2.75, 3.05) is 27.1 Å². The second-order valence-electron chi connectivity index (χ2n) is 5.85. The van der Waals surface area contributed by atoms with Gasteiger partial charge in [0.2, 0.25) is 12.5 Å². The van der Waals surface area contributed by atoms with E-state index in [2.05, 4.69) is 11.8 Å². The zero-order valence-electron chi connectivity index (χ0n) is 14.8. The molecule has 0 aromatic heterocycles. The molecule has 0 saturated heterocycles. The summed E-state index contributed by atoms with van der Waals surface area (Å²) in [4.78, 5) is 0. The van der Waals surface area contributed by atoms with Gasteiger partial charge < -0.3 is 34.3 Å². The van der Waals surface area contributed by atoms with Crippen LogP contribution in [0.3, 0.4) is 0 Å².